The van der Waals surface area contributed by atoms with Gasteiger partial charge in [-0.25, -0.2) is 15.0 Å². The van der Waals surface area contributed by atoms with Crippen LogP contribution in [0.15, 0.2) is 12.3 Å². The second kappa shape index (κ2) is 6.84. The van der Waals surface area contributed by atoms with Crippen LogP contribution >= 0.6 is 11.3 Å². The Morgan fingerprint density at radius 2 is 2.17 bits per heavy atom. The number of rotatable bonds is 4. The highest BCUT2D eigenvalue weighted by Crippen LogP contribution is 2.32. The van der Waals surface area contributed by atoms with Crippen molar-refractivity contribution in [2.45, 2.75) is 46.6 Å². The number of anilines is 2. The third-order valence-corrected chi connectivity index (χ3v) is 4.88. The molecule has 0 unspecified atom stereocenters. The van der Waals surface area contributed by atoms with Gasteiger partial charge in [0.2, 0.25) is 5.91 Å². The molecule has 0 radical (unpaired) electrons. The normalized spacial score (nSPS) is 17.5. The highest BCUT2D eigenvalue weighted by molar-refractivity contribution is 7.15. The summed E-state index contributed by atoms with van der Waals surface area (Å²) in [7, 11) is 0. The standard InChI is InChI=1S/C17H23N5OS/c1-10(2)16(23)22-7-5-6-13(22)15-19-11(3)8-14(20-15)21-17-18-9-12(4)24-17/h8-10,13H,5-7H2,1-4H3,(H,18,19,20,21)/t13-/m0/s1. The molecule has 3 heterocycles. The van der Waals surface area contributed by atoms with Gasteiger partial charge in [-0.15, -0.1) is 11.3 Å². The Hall–Kier alpha value is -2.02. The van der Waals surface area contributed by atoms with Crippen molar-refractivity contribution in [3.05, 3.63) is 28.7 Å². The van der Waals surface area contributed by atoms with E-state index in [0.717, 1.165) is 46.7 Å². The molecule has 0 aromatic carbocycles. The molecule has 2 aromatic rings. The lowest BCUT2D eigenvalue weighted by Gasteiger charge is -2.25. The van der Waals surface area contributed by atoms with Gasteiger partial charge in [-0.3, -0.25) is 4.79 Å². The van der Waals surface area contributed by atoms with Gasteiger partial charge in [-0.05, 0) is 26.7 Å². The van der Waals surface area contributed by atoms with Crippen molar-refractivity contribution in [1.82, 2.24) is 19.9 Å². The fourth-order valence-electron chi connectivity index (χ4n) is 2.96. The Labute approximate surface area is 146 Å². The van der Waals surface area contributed by atoms with E-state index in [9.17, 15) is 4.79 Å². The van der Waals surface area contributed by atoms with Gasteiger partial charge < -0.3 is 10.2 Å². The average Bonchev–Trinajstić information content (AvgIpc) is 3.14. The molecule has 1 atom stereocenters. The molecule has 1 saturated heterocycles. The molecule has 1 fully saturated rings. The predicted octanol–water partition coefficient (Wildman–Crippen LogP) is 3.61. The quantitative estimate of drug-likeness (QED) is 0.916. The zero-order valence-electron chi connectivity index (χ0n) is 14.5. The zero-order chi connectivity index (χ0) is 17.3. The number of carbonyl (C=O) groups excluding carboxylic acids is 1. The molecule has 24 heavy (non-hydrogen) atoms. The summed E-state index contributed by atoms with van der Waals surface area (Å²) in [6.45, 7) is 8.63. The third kappa shape index (κ3) is 3.56. The highest BCUT2D eigenvalue weighted by atomic mass is 32.1. The second-order valence-corrected chi connectivity index (χ2v) is 7.73. The molecule has 3 rings (SSSR count). The number of aryl methyl sites for hydroxylation is 2. The summed E-state index contributed by atoms with van der Waals surface area (Å²) < 4.78 is 0. The Morgan fingerprint density at radius 1 is 1.38 bits per heavy atom. The molecule has 0 spiro atoms. The first-order valence-electron chi connectivity index (χ1n) is 8.29. The summed E-state index contributed by atoms with van der Waals surface area (Å²) in [5, 5.41) is 4.07. The van der Waals surface area contributed by atoms with Crippen LogP contribution in [0.1, 0.15) is 49.1 Å². The van der Waals surface area contributed by atoms with Gasteiger partial charge in [0.15, 0.2) is 11.0 Å². The Morgan fingerprint density at radius 3 is 2.83 bits per heavy atom. The van der Waals surface area contributed by atoms with Crippen molar-refractivity contribution >= 4 is 28.2 Å². The first-order valence-corrected chi connectivity index (χ1v) is 9.11. The van der Waals surface area contributed by atoms with Crippen molar-refractivity contribution in [3.8, 4) is 0 Å². The summed E-state index contributed by atoms with van der Waals surface area (Å²) in [4.78, 5) is 29.1. The molecule has 1 N–H and O–H groups in total. The molecule has 1 aliphatic rings. The van der Waals surface area contributed by atoms with Crippen molar-refractivity contribution in [1.29, 1.82) is 0 Å². The van der Waals surface area contributed by atoms with E-state index in [4.69, 9.17) is 0 Å². The Kier molecular flexibility index (Phi) is 4.80. The molecule has 6 nitrogen and oxygen atoms in total. The molecule has 0 aliphatic carbocycles. The molecule has 1 amide bonds. The average molecular weight is 345 g/mol. The fraction of sp³-hybridized carbons (Fsp3) is 0.529. The summed E-state index contributed by atoms with van der Waals surface area (Å²) >= 11 is 1.59. The van der Waals surface area contributed by atoms with Crippen LogP contribution in [0.2, 0.25) is 0 Å². The second-order valence-electron chi connectivity index (χ2n) is 6.50. The Balaban J connectivity index is 1.86. The number of hydrogen-bond acceptors (Lipinski definition) is 6. The molecule has 7 heteroatoms. The summed E-state index contributed by atoms with van der Waals surface area (Å²) in [5.41, 5.74) is 0.889. The van der Waals surface area contributed by atoms with Crippen LogP contribution in [0.3, 0.4) is 0 Å². The van der Waals surface area contributed by atoms with Crippen LogP contribution in [-0.4, -0.2) is 32.3 Å². The maximum atomic E-state index is 12.4. The van der Waals surface area contributed by atoms with Crippen LogP contribution < -0.4 is 5.32 Å². The number of aromatic nitrogens is 3. The van der Waals surface area contributed by atoms with Gasteiger partial charge in [0.25, 0.3) is 0 Å². The molecule has 0 bridgehead atoms. The van der Waals surface area contributed by atoms with Crippen LogP contribution in [-0.2, 0) is 4.79 Å². The van der Waals surface area contributed by atoms with Gasteiger partial charge in [-0.2, -0.15) is 0 Å². The maximum absolute atomic E-state index is 12.4. The number of nitrogens with one attached hydrogen (secondary N) is 1. The number of amides is 1. The van der Waals surface area contributed by atoms with Crippen LogP contribution in [0, 0.1) is 19.8 Å². The van der Waals surface area contributed by atoms with E-state index in [1.807, 2.05) is 44.9 Å². The lowest BCUT2D eigenvalue weighted by Crippen LogP contribution is -2.34. The largest absolute Gasteiger partial charge is 0.332 e. The first kappa shape index (κ1) is 16.8. The topological polar surface area (TPSA) is 71.0 Å². The minimum atomic E-state index is -0.0293. The van der Waals surface area contributed by atoms with Gasteiger partial charge in [-0.1, -0.05) is 13.8 Å². The molecule has 1 aliphatic heterocycles. The van der Waals surface area contributed by atoms with Gasteiger partial charge in [0.05, 0.1) is 6.04 Å². The summed E-state index contributed by atoms with van der Waals surface area (Å²) in [5.74, 6) is 1.62. The van der Waals surface area contributed by atoms with Crippen molar-refractivity contribution in [3.63, 3.8) is 0 Å². The van der Waals surface area contributed by atoms with E-state index in [2.05, 4.69) is 20.3 Å². The van der Waals surface area contributed by atoms with Crippen molar-refractivity contribution < 1.29 is 4.79 Å². The zero-order valence-corrected chi connectivity index (χ0v) is 15.4. The Bertz CT molecular complexity index is 742. The minimum Gasteiger partial charge on any atom is -0.332 e. The van der Waals surface area contributed by atoms with E-state index in [-0.39, 0.29) is 17.9 Å². The molecule has 0 saturated carbocycles. The summed E-state index contributed by atoms with van der Waals surface area (Å²) in [6, 6.07) is 1.88. The monoisotopic (exact) mass is 345 g/mol. The van der Waals surface area contributed by atoms with Gasteiger partial charge in [0.1, 0.15) is 5.82 Å². The van der Waals surface area contributed by atoms with E-state index in [1.54, 1.807) is 11.3 Å². The number of hydrogen-bond donors (Lipinski definition) is 1. The lowest BCUT2D eigenvalue weighted by molar-refractivity contribution is -0.135. The molecule has 128 valence electrons. The smallest absolute Gasteiger partial charge is 0.225 e. The van der Waals surface area contributed by atoms with Gasteiger partial charge >= 0.3 is 0 Å². The van der Waals surface area contributed by atoms with Crippen LogP contribution in [0.25, 0.3) is 0 Å². The molecular weight excluding hydrogens is 322 g/mol. The minimum absolute atomic E-state index is 0.00806. The fourth-order valence-corrected chi connectivity index (χ4v) is 3.63. The maximum Gasteiger partial charge on any atom is 0.225 e. The van der Waals surface area contributed by atoms with E-state index < -0.39 is 0 Å². The summed E-state index contributed by atoms with van der Waals surface area (Å²) in [6.07, 6.45) is 3.74. The number of nitrogens with zero attached hydrogens (tertiary/aromatic N) is 4. The third-order valence-electron chi connectivity index (χ3n) is 4.06. The molecule has 2 aromatic heterocycles. The van der Waals surface area contributed by atoms with E-state index >= 15 is 0 Å². The SMILES string of the molecule is Cc1cc(Nc2ncc(C)s2)nc([C@@H]2CCCN2C(=O)C(C)C)n1. The number of thiazole rings is 1. The van der Waals surface area contributed by atoms with Crippen LogP contribution in [0.5, 0.6) is 0 Å². The number of likely N-dealkylation sites (tertiary alicyclic amines) is 1. The lowest BCUT2D eigenvalue weighted by atomic mass is 10.1. The molecular formula is C17H23N5OS. The van der Waals surface area contributed by atoms with Gasteiger partial charge in [0, 0.05) is 35.3 Å². The highest BCUT2D eigenvalue weighted by Gasteiger charge is 2.33. The van der Waals surface area contributed by atoms with Crippen LogP contribution in [0.4, 0.5) is 10.9 Å². The number of carbonyl (C=O) groups is 1. The first-order chi connectivity index (χ1) is 11.4. The van der Waals surface area contributed by atoms with E-state index in [0.29, 0.717) is 0 Å². The van der Waals surface area contributed by atoms with E-state index in [1.165, 1.54) is 0 Å². The predicted molar refractivity (Wildman–Crippen MR) is 95.4 cm³/mol. The van der Waals surface area contributed by atoms with Crippen molar-refractivity contribution in [2.24, 2.45) is 5.92 Å². The van der Waals surface area contributed by atoms with Crippen molar-refractivity contribution in [2.75, 3.05) is 11.9 Å².